The first-order valence-corrected chi connectivity index (χ1v) is 31.0. The number of aliphatic hydroxyl groups excluding tert-OH is 3. The summed E-state index contributed by atoms with van der Waals surface area (Å²) in [4.78, 5) is 172. The van der Waals surface area contributed by atoms with Gasteiger partial charge in [-0.25, -0.2) is 0 Å². The van der Waals surface area contributed by atoms with Crippen LogP contribution in [0.2, 0.25) is 0 Å². The lowest BCUT2D eigenvalue weighted by Crippen LogP contribution is -2.62. The van der Waals surface area contributed by atoms with Gasteiger partial charge in [-0.2, -0.15) is 0 Å². The Labute approximate surface area is 508 Å². The number of phenolic OH excluding ortho intramolecular Hbond substituents is 1. The minimum atomic E-state index is -2.49. The van der Waals surface area contributed by atoms with Crippen molar-refractivity contribution in [1.82, 2.24) is 62.2 Å². The number of aliphatic hydroxyl groups is 3. The third-order valence-corrected chi connectivity index (χ3v) is 19.1. The fourth-order valence-corrected chi connectivity index (χ4v) is 13.6. The van der Waals surface area contributed by atoms with Crippen molar-refractivity contribution in [3.63, 3.8) is 0 Å². The lowest BCUT2D eigenvalue weighted by Gasteiger charge is -2.39. The van der Waals surface area contributed by atoms with Gasteiger partial charge < -0.3 is 78.6 Å². The summed E-state index contributed by atoms with van der Waals surface area (Å²) in [5.74, 6) is -13.1. The largest absolute Gasteiger partial charge is 0.508 e. The Morgan fingerprint density at radius 3 is 2.12 bits per heavy atom. The SMILES string of the molecule is CC[C@H](C)[C@@H]1NC(=O)CNC(=O)[C@H]2Cc3c([nH]c4c(CN5CC(CCNC(=O)C6CCC(CN7C(=O)C=CC7=O)CC6)C5)c(O)ccc34)S(=O)C[C@@H](NC(=O)CNC1=O)C(=O)N[C@@H](CC(N)=O)C(=O)N1C[C@H](O)C[C@H]1C(=O)N[C@@H]([C@H](C)[C@H](O)CO)C(=O)N2. The predicted octanol–water partition coefficient (Wildman–Crippen LogP) is -5.25. The highest BCUT2D eigenvalue weighted by Crippen LogP contribution is 2.36. The molecule has 30 nitrogen and oxygen atoms in total. The van der Waals surface area contributed by atoms with E-state index in [0.717, 1.165) is 4.90 Å². The number of benzene rings is 1. The second-order valence-corrected chi connectivity index (χ2v) is 25.3. The van der Waals surface area contributed by atoms with Crippen molar-refractivity contribution < 1.29 is 82.2 Å². The van der Waals surface area contributed by atoms with E-state index in [2.05, 4.69) is 47.5 Å². The summed E-state index contributed by atoms with van der Waals surface area (Å²) < 4.78 is 15.3. The Bertz CT molecular complexity index is 3110. The zero-order valence-electron chi connectivity index (χ0n) is 49.2. The molecule has 1 saturated carbocycles. The maximum Gasteiger partial charge on any atom is 0.253 e. The average Bonchev–Trinajstić information content (AvgIpc) is 1.73. The van der Waals surface area contributed by atoms with E-state index in [0.29, 0.717) is 70.3 Å². The van der Waals surface area contributed by atoms with E-state index in [9.17, 15) is 78.0 Å². The molecule has 2 saturated heterocycles. The fraction of sp³-hybridized carbons (Fsp3) is 0.614. The molecule has 12 amide bonds. The molecule has 88 heavy (non-hydrogen) atoms. The highest BCUT2D eigenvalue weighted by atomic mass is 32.2. The molecule has 8 rings (SSSR count). The Kier molecular flexibility index (Phi) is 21.8. The number of imide groups is 1. The van der Waals surface area contributed by atoms with Crippen LogP contribution in [-0.4, -0.2) is 222 Å². The number of rotatable bonds is 15. The number of primary amides is 1. The monoisotopic (exact) mass is 1250 g/mol. The second-order valence-electron chi connectivity index (χ2n) is 23.9. The van der Waals surface area contributed by atoms with Crippen molar-refractivity contribution in [2.45, 2.75) is 139 Å². The number of H-pyrrole nitrogens is 1. The molecular formula is C57H79N13O17S. The van der Waals surface area contributed by atoms with Crippen molar-refractivity contribution in [3.05, 3.63) is 35.4 Å². The number of fused-ring (bicyclic) bond motifs is 5. The molecule has 6 heterocycles. The molecule has 1 aromatic heterocycles. The molecule has 6 aliphatic rings. The van der Waals surface area contributed by atoms with Crippen LogP contribution in [0.5, 0.6) is 5.75 Å². The summed E-state index contributed by atoms with van der Waals surface area (Å²) in [6.07, 6.45) is 1.14. The Hall–Kier alpha value is -7.87. The van der Waals surface area contributed by atoms with E-state index in [1.54, 1.807) is 13.8 Å². The molecular weight excluding hydrogens is 1170 g/mol. The first kappa shape index (κ1) is 66.1. The van der Waals surface area contributed by atoms with Gasteiger partial charge in [-0.15, -0.1) is 0 Å². The first-order chi connectivity index (χ1) is 41.8. The van der Waals surface area contributed by atoms with Crippen molar-refractivity contribution in [1.29, 1.82) is 0 Å². The summed E-state index contributed by atoms with van der Waals surface area (Å²) in [6, 6.07) is -7.46. The molecule has 0 spiro atoms. The molecule has 2 aromatic rings. The predicted molar refractivity (Wildman–Crippen MR) is 310 cm³/mol. The van der Waals surface area contributed by atoms with Gasteiger partial charge in [0.15, 0.2) is 0 Å². The number of aromatic hydroxyl groups is 1. The van der Waals surface area contributed by atoms with E-state index < -0.39 is 176 Å². The quantitative estimate of drug-likeness (QED) is 0.0741. The van der Waals surface area contributed by atoms with Gasteiger partial charge in [0.1, 0.15) is 47.0 Å². The number of phenols is 1. The molecule has 1 unspecified atom stereocenters. The van der Waals surface area contributed by atoms with E-state index in [-0.39, 0.29) is 69.3 Å². The summed E-state index contributed by atoms with van der Waals surface area (Å²) in [7, 11) is -2.49. The summed E-state index contributed by atoms with van der Waals surface area (Å²) in [6.45, 7) is 3.50. The normalized spacial score (nSPS) is 28.7. The lowest BCUT2D eigenvalue weighted by atomic mass is 9.81. The number of nitrogens with two attached hydrogens (primary N) is 1. The molecule has 480 valence electrons. The molecule has 5 aliphatic heterocycles. The standard InChI is InChI=1S/C57H79N13O17S/c1-4-27(2)47-54(84)61-18-43(76)62-38-26-88(87)56-34(33-9-10-40(73)35(49(33)67-56)24-68-20-30(21-68)13-14-59-50(80)31-7-5-29(6-8-31)22-70-45(78)11-12-46(70)79)16-36(51(81)60-19-44(77)65-47)63-55(85)48(28(3)41(74)25-71)66-53(83)39-15-32(72)23-69(39)57(86)37(17-42(58)75)64-52(38)82/h9-12,27-32,36-39,41,47-48,67,71-74H,4-8,13-26H2,1-3H3,(H2,58,75)(H,59,80)(H,60,81)(H,61,84)(H,62,76)(H,63,85)(H,64,82)(H,65,77)(H,66,83)/t27-,28+,29?,31?,32+,36+,37-,38+,39-,41+,47-,48-,88?/m0/s1. The van der Waals surface area contributed by atoms with Crippen molar-refractivity contribution >= 4 is 92.6 Å². The smallest absolute Gasteiger partial charge is 0.253 e. The van der Waals surface area contributed by atoms with Crippen LogP contribution in [0.4, 0.5) is 0 Å². The van der Waals surface area contributed by atoms with Gasteiger partial charge in [0, 0.05) is 87.0 Å². The number of aromatic nitrogens is 1. The number of nitrogens with zero attached hydrogens (tertiary/aromatic N) is 3. The highest BCUT2D eigenvalue weighted by molar-refractivity contribution is 7.85. The molecule has 1 aromatic carbocycles. The minimum absolute atomic E-state index is 0.0532. The molecule has 11 atom stereocenters. The van der Waals surface area contributed by atoms with Crippen molar-refractivity contribution in [3.8, 4) is 5.75 Å². The third kappa shape index (κ3) is 15.7. The molecule has 15 N–H and O–H groups in total. The number of amides is 12. The van der Waals surface area contributed by atoms with Crippen LogP contribution in [0.25, 0.3) is 10.9 Å². The number of hydrogen-bond acceptors (Lipinski definition) is 18. The van der Waals surface area contributed by atoms with Gasteiger partial charge in [0.25, 0.3) is 11.8 Å². The van der Waals surface area contributed by atoms with Gasteiger partial charge in [0.05, 0.1) is 60.4 Å². The lowest BCUT2D eigenvalue weighted by molar-refractivity contribution is -0.144. The first-order valence-electron chi connectivity index (χ1n) is 29.7. The van der Waals surface area contributed by atoms with Gasteiger partial charge >= 0.3 is 0 Å². The highest BCUT2D eigenvalue weighted by Gasteiger charge is 2.45. The Morgan fingerprint density at radius 2 is 1.47 bits per heavy atom. The van der Waals surface area contributed by atoms with Gasteiger partial charge in [-0.1, -0.05) is 27.2 Å². The van der Waals surface area contributed by atoms with Gasteiger partial charge in [-0.05, 0) is 67.6 Å². The maximum absolute atomic E-state index is 15.3. The Balaban J connectivity index is 1.12. The zero-order chi connectivity index (χ0) is 63.8. The number of hydrogen-bond donors (Lipinski definition) is 14. The molecule has 2 bridgehead atoms. The van der Waals surface area contributed by atoms with E-state index >= 15 is 4.21 Å². The maximum atomic E-state index is 15.3. The molecule has 0 radical (unpaired) electrons. The van der Waals surface area contributed by atoms with Crippen molar-refractivity contribution in [2.24, 2.45) is 35.3 Å². The van der Waals surface area contributed by atoms with Crippen LogP contribution in [0.1, 0.15) is 83.3 Å². The molecule has 3 fully saturated rings. The number of carbonyl (C=O) groups excluding carboxylic acids is 12. The van der Waals surface area contributed by atoms with Crippen LogP contribution >= 0.6 is 0 Å². The van der Waals surface area contributed by atoms with Gasteiger partial charge in [0.2, 0.25) is 59.1 Å². The zero-order valence-corrected chi connectivity index (χ0v) is 50.0. The van der Waals surface area contributed by atoms with Crippen LogP contribution in [0.15, 0.2) is 29.3 Å². The molecule has 31 heteroatoms. The Morgan fingerprint density at radius 1 is 0.795 bits per heavy atom. The van der Waals surface area contributed by atoms with Crippen molar-refractivity contribution in [2.75, 3.05) is 58.2 Å². The second kappa shape index (κ2) is 29.0. The fourth-order valence-electron chi connectivity index (χ4n) is 12.2. The van der Waals surface area contributed by atoms with E-state index in [4.69, 9.17) is 5.73 Å². The van der Waals surface area contributed by atoms with E-state index in [1.165, 1.54) is 36.1 Å². The minimum Gasteiger partial charge on any atom is -0.508 e. The van der Waals surface area contributed by atoms with Crippen LogP contribution in [0, 0.1) is 29.6 Å². The number of nitrogens with one attached hydrogen (secondary N) is 9. The van der Waals surface area contributed by atoms with Crippen LogP contribution in [-0.2, 0) is 81.3 Å². The summed E-state index contributed by atoms with van der Waals surface area (Å²) >= 11 is 0. The molecule has 1 aliphatic carbocycles. The number of carbonyl (C=O) groups is 12. The average molecular weight is 1250 g/mol. The summed E-state index contributed by atoms with van der Waals surface area (Å²) in [5.41, 5.74) is 6.13. The number of aromatic amines is 1. The van der Waals surface area contributed by atoms with Crippen LogP contribution in [0.3, 0.4) is 0 Å². The topological polar surface area (TPSA) is 451 Å². The summed E-state index contributed by atoms with van der Waals surface area (Å²) in [5, 5.41) is 64.0. The number of likely N-dealkylation sites (tertiary alicyclic amines) is 1. The third-order valence-electron chi connectivity index (χ3n) is 17.6. The van der Waals surface area contributed by atoms with Crippen LogP contribution < -0.4 is 48.3 Å². The van der Waals surface area contributed by atoms with Gasteiger partial charge in [-0.3, -0.25) is 71.5 Å². The van der Waals surface area contributed by atoms with E-state index in [1.807, 2.05) is 4.90 Å².